The van der Waals surface area contributed by atoms with E-state index in [4.69, 9.17) is 16.7 Å². The Kier molecular flexibility index (Phi) is 5.79. The summed E-state index contributed by atoms with van der Waals surface area (Å²) in [7, 11) is 0. The van der Waals surface area contributed by atoms with Gasteiger partial charge in [-0.1, -0.05) is 18.5 Å². The zero-order valence-electron chi connectivity index (χ0n) is 12.2. The van der Waals surface area contributed by atoms with Crippen LogP contribution < -0.4 is 10.6 Å². The molecule has 1 aliphatic heterocycles. The first kappa shape index (κ1) is 16.5. The summed E-state index contributed by atoms with van der Waals surface area (Å²) in [4.78, 5) is 13.3. The molecule has 0 aliphatic carbocycles. The standard InChI is InChI=1S/C15H21ClN2O2S/c1-9(8-19)10(2)17-15(20)18-13-5-6-21-14-4-3-11(16)7-12(13)14/h3-4,7,9-10,13,19H,5-6,8H2,1-2H3,(H2,17,18,20). The number of carbonyl (C=O) groups is 1. The highest BCUT2D eigenvalue weighted by molar-refractivity contribution is 7.99. The predicted molar refractivity (Wildman–Crippen MR) is 86.9 cm³/mol. The van der Waals surface area contributed by atoms with Crippen molar-refractivity contribution < 1.29 is 9.90 Å². The Labute approximate surface area is 134 Å². The number of nitrogens with one attached hydrogen (secondary N) is 2. The number of thioether (sulfide) groups is 1. The van der Waals surface area contributed by atoms with Crippen molar-refractivity contribution in [1.29, 1.82) is 0 Å². The highest BCUT2D eigenvalue weighted by Crippen LogP contribution is 2.37. The Morgan fingerprint density at radius 3 is 3.00 bits per heavy atom. The average molecular weight is 329 g/mol. The van der Waals surface area contributed by atoms with E-state index in [9.17, 15) is 4.79 Å². The molecule has 3 N–H and O–H groups in total. The van der Waals surface area contributed by atoms with Crippen LogP contribution in [0.25, 0.3) is 0 Å². The third kappa shape index (κ3) is 4.28. The molecule has 21 heavy (non-hydrogen) atoms. The lowest BCUT2D eigenvalue weighted by atomic mass is 10.0. The zero-order chi connectivity index (χ0) is 15.4. The molecule has 0 bridgehead atoms. The number of rotatable bonds is 4. The minimum Gasteiger partial charge on any atom is -0.396 e. The minimum absolute atomic E-state index is 0.0171. The van der Waals surface area contributed by atoms with E-state index in [1.54, 1.807) is 11.8 Å². The Hall–Kier alpha value is -0.910. The normalized spacial score (nSPS) is 20.3. The first-order chi connectivity index (χ1) is 10.0. The van der Waals surface area contributed by atoms with Gasteiger partial charge in [-0.15, -0.1) is 11.8 Å². The number of aliphatic hydroxyl groups excluding tert-OH is 1. The maximum atomic E-state index is 12.1. The molecule has 3 unspecified atom stereocenters. The van der Waals surface area contributed by atoms with E-state index in [2.05, 4.69) is 10.6 Å². The number of hydrogen-bond acceptors (Lipinski definition) is 3. The molecule has 0 radical (unpaired) electrons. The summed E-state index contributed by atoms with van der Waals surface area (Å²) >= 11 is 7.85. The van der Waals surface area contributed by atoms with E-state index < -0.39 is 0 Å². The maximum absolute atomic E-state index is 12.1. The maximum Gasteiger partial charge on any atom is 0.315 e. The molecule has 1 aromatic rings. The van der Waals surface area contributed by atoms with Gasteiger partial charge in [-0.3, -0.25) is 0 Å². The number of benzene rings is 1. The fourth-order valence-corrected chi connectivity index (χ4v) is 3.51. The van der Waals surface area contributed by atoms with Crippen LogP contribution in [0.4, 0.5) is 4.79 Å². The highest BCUT2D eigenvalue weighted by atomic mass is 35.5. The van der Waals surface area contributed by atoms with Crippen molar-refractivity contribution in [2.75, 3.05) is 12.4 Å². The highest BCUT2D eigenvalue weighted by Gasteiger charge is 2.23. The van der Waals surface area contributed by atoms with Crippen LogP contribution in [0.2, 0.25) is 5.02 Å². The molecule has 6 heteroatoms. The molecule has 0 saturated heterocycles. The van der Waals surface area contributed by atoms with E-state index in [1.807, 2.05) is 32.0 Å². The Morgan fingerprint density at radius 2 is 2.29 bits per heavy atom. The first-order valence-corrected chi connectivity index (χ1v) is 8.47. The molecule has 1 aliphatic rings. The van der Waals surface area contributed by atoms with Gasteiger partial charge in [-0.25, -0.2) is 4.79 Å². The van der Waals surface area contributed by atoms with Crippen molar-refractivity contribution in [2.24, 2.45) is 5.92 Å². The van der Waals surface area contributed by atoms with E-state index >= 15 is 0 Å². The lowest BCUT2D eigenvalue weighted by molar-refractivity contribution is 0.199. The van der Waals surface area contributed by atoms with E-state index in [1.165, 1.54) is 4.90 Å². The van der Waals surface area contributed by atoms with Gasteiger partial charge >= 0.3 is 6.03 Å². The number of halogens is 1. The quantitative estimate of drug-likeness (QED) is 0.795. The molecule has 4 nitrogen and oxygen atoms in total. The van der Waals surface area contributed by atoms with Crippen LogP contribution in [0.1, 0.15) is 31.9 Å². The molecule has 0 spiro atoms. The summed E-state index contributed by atoms with van der Waals surface area (Å²) in [6.07, 6.45) is 0.884. The largest absolute Gasteiger partial charge is 0.396 e. The minimum atomic E-state index is -0.203. The first-order valence-electron chi connectivity index (χ1n) is 7.11. The van der Waals surface area contributed by atoms with Gasteiger partial charge in [0.1, 0.15) is 0 Å². The summed E-state index contributed by atoms with van der Waals surface area (Å²) in [5.41, 5.74) is 1.08. The third-order valence-electron chi connectivity index (χ3n) is 3.82. The molecule has 1 heterocycles. The van der Waals surface area contributed by atoms with Gasteiger partial charge in [0.25, 0.3) is 0 Å². The third-order valence-corrected chi connectivity index (χ3v) is 5.17. The molecular weight excluding hydrogens is 308 g/mol. The second-order valence-corrected chi connectivity index (χ2v) is 7.01. The number of amides is 2. The number of carbonyl (C=O) groups excluding carboxylic acids is 1. The fraction of sp³-hybridized carbons (Fsp3) is 0.533. The van der Waals surface area contributed by atoms with Crippen molar-refractivity contribution in [2.45, 2.75) is 37.2 Å². The Bertz CT molecular complexity index is 512. The zero-order valence-corrected chi connectivity index (χ0v) is 13.8. The second kappa shape index (κ2) is 7.38. The fourth-order valence-electron chi connectivity index (χ4n) is 2.22. The van der Waals surface area contributed by atoms with E-state index in [0.29, 0.717) is 5.02 Å². The summed E-state index contributed by atoms with van der Waals surface area (Å²) in [6.45, 7) is 3.85. The number of fused-ring (bicyclic) bond motifs is 1. The van der Waals surface area contributed by atoms with Crippen LogP contribution in [0.3, 0.4) is 0 Å². The van der Waals surface area contributed by atoms with E-state index in [0.717, 1.165) is 17.7 Å². The Balaban J connectivity index is 2.01. The van der Waals surface area contributed by atoms with Gasteiger partial charge < -0.3 is 15.7 Å². The van der Waals surface area contributed by atoms with Crippen molar-refractivity contribution in [3.8, 4) is 0 Å². The van der Waals surface area contributed by atoms with Gasteiger partial charge in [0.15, 0.2) is 0 Å². The molecule has 3 atom stereocenters. The van der Waals surface area contributed by atoms with Gasteiger partial charge in [0, 0.05) is 28.3 Å². The number of hydrogen-bond donors (Lipinski definition) is 3. The lowest BCUT2D eigenvalue weighted by Gasteiger charge is -2.27. The van der Waals surface area contributed by atoms with Crippen molar-refractivity contribution in [3.05, 3.63) is 28.8 Å². The smallest absolute Gasteiger partial charge is 0.315 e. The molecule has 1 aromatic carbocycles. The predicted octanol–water partition coefficient (Wildman–Crippen LogP) is 3.19. The molecule has 2 amide bonds. The topological polar surface area (TPSA) is 61.4 Å². The van der Waals surface area contributed by atoms with Gasteiger partial charge in [-0.2, -0.15) is 0 Å². The van der Waals surface area contributed by atoms with E-state index in [-0.39, 0.29) is 30.6 Å². The number of aliphatic hydroxyl groups is 1. The van der Waals surface area contributed by atoms with Gasteiger partial charge in [0.2, 0.25) is 0 Å². The van der Waals surface area contributed by atoms with Crippen molar-refractivity contribution >= 4 is 29.4 Å². The summed E-state index contributed by atoms with van der Waals surface area (Å²) in [5.74, 6) is 1.00. The monoisotopic (exact) mass is 328 g/mol. The molecule has 2 rings (SSSR count). The van der Waals surface area contributed by atoms with Crippen LogP contribution in [0.15, 0.2) is 23.1 Å². The summed E-state index contributed by atoms with van der Waals surface area (Å²) < 4.78 is 0. The molecule has 0 aromatic heterocycles. The van der Waals surface area contributed by atoms with Crippen LogP contribution in [0.5, 0.6) is 0 Å². The van der Waals surface area contributed by atoms with Crippen LogP contribution in [-0.4, -0.2) is 29.5 Å². The van der Waals surface area contributed by atoms with Crippen molar-refractivity contribution in [3.63, 3.8) is 0 Å². The Morgan fingerprint density at radius 1 is 1.52 bits per heavy atom. The summed E-state index contributed by atoms with van der Waals surface area (Å²) in [5, 5.41) is 15.7. The summed E-state index contributed by atoms with van der Waals surface area (Å²) in [6, 6.07) is 5.51. The van der Waals surface area contributed by atoms with Crippen molar-refractivity contribution in [1.82, 2.24) is 10.6 Å². The second-order valence-electron chi connectivity index (χ2n) is 5.44. The molecule has 0 saturated carbocycles. The molecular formula is C15H21ClN2O2S. The van der Waals surface area contributed by atoms with Crippen LogP contribution in [-0.2, 0) is 0 Å². The van der Waals surface area contributed by atoms with Crippen LogP contribution >= 0.6 is 23.4 Å². The lowest BCUT2D eigenvalue weighted by Crippen LogP contribution is -2.45. The molecule has 116 valence electrons. The average Bonchev–Trinajstić information content (AvgIpc) is 2.46. The number of urea groups is 1. The van der Waals surface area contributed by atoms with Gasteiger partial charge in [0.05, 0.1) is 6.04 Å². The molecule has 0 fully saturated rings. The van der Waals surface area contributed by atoms with Gasteiger partial charge in [-0.05, 0) is 43.0 Å². The van der Waals surface area contributed by atoms with Crippen LogP contribution in [0, 0.1) is 5.92 Å². The SMILES string of the molecule is CC(CO)C(C)NC(=O)NC1CCSc2ccc(Cl)cc21.